The van der Waals surface area contributed by atoms with E-state index in [2.05, 4.69) is 65.0 Å². The molecule has 3 rings (SSSR count). The number of nitrogens with two attached hydrogens (primary N) is 1. The predicted octanol–water partition coefficient (Wildman–Crippen LogP) is 4.60. The molecule has 3 nitrogen and oxygen atoms in total. The second kappa shape index (κ2) is 6.48. The van der Waals surface area contributed by atoms with Gasteiger partial charge >= 0.3 is 0 Å². The first-order valence-corrected chi connectivity index (χ1v) is 7.76. The van der Waals surface area contributed by atoms with Crippen LogP contribution in [0.3, 0.4) is 0 Å². The smallest absolute Gasteiger partial charge is 0.200 e. The molecule has 0 bridgehead atoms. The maximum absolute atomic E-state index is 5.99. The lowest BCUT2D eigenvalue weighted by atomic mass is 10.0. The van der Waals surface area contributed by atoms with Gasteiger partial charge in [0.05, 0.1) is 11.9 Å². The van der Waals surface area contributed by atoms with Gasteiger partial charge < -0.3 is 10.3 Å². The highest BCUT2D eigenvalue weighted by Gasteiger charge is 2.09. The molecular weight excluding hydrogens is 270 g/mol. The van der Waals surface area contributed by atoms with Crippen molar-refractivity contribution in [2.75, 3.05) is 5.73 Å². The minimum absolute atomic E-state index is 0.593. The second-order valence-electron chi connectivity index (χ2n) is 5.45. The lowest BCUT2D eigenvalue weighted by molar-refractivity contribution is 0.643. The van der Waals surface area contributed by atoms with Gasteiger partial charge in [-0.2, -0.15) is 0 Å². The van der Waals surface area contributed by atoms with Crippen molar-refractivity contribution in [3.63, 3.8) is 0 Å². The fourth-order valence-corrected chi connectivity index (χ4v) is 2.64. The van der Waals surface area contributed by atoms with Gasteiger partial charge in [0.15, 0.2) is 0 Å². The number of imidazole rings is 1. The van der Waals surface area contributed by atoms with Crippen molar-refractivity contribution < 1.29 is 0 Å². The molecular formula is C19H21N3. The van der Waals surface area contributed by atoms with Gasteiger partial charge in [0.1, 0.15) is 0 Å². The Morgan fingerprint density at radius 3 is 2.23 bits per heavy atom. The summed E-state index contributed by atoms with van der Waals surface area (Å²) in [7, 11) is 0. The summed E-state index contributed by atoms with van der Waals surface area (Å²) in [5, 5.41) is 0. The van der Waals surface area contributed by atoms with Gasteiger partial charge in [-0.1, -0.05) is 67.9 Å². The van der Waals surface area contributed by atoms with Crippen LogP contribution in [0.1, 0.15) is 19.8 Å². The molecule has 3 aromatic rings. The fraction of sp³-hybridized carbons (Fsp3) is 0.211. The minimum Gasteiger partial charge on any atom is -0.369 e. The molecule has 0 aliphatic carbocycles. The van der Waals surface area contributed by atoms with E-state index >= 15 is 0 Å². The topological polar surface area (TPSA) is 43.8 Å². The standard InChI is InChI=1S/C19H21N3/c1-2-3-13-22-18(14-21-19(22)20)17-11-9-16(10-12-17)15-7-5-4-6-8-15/h4-12,14H,2-3,13H2,1H3,(H2,20,21). The van der Waals surface area contributed by atoms with Crippen molar-refractivity contribution in [2.45, 2.75) is 26.3 Å². The van der Waals surface area contributed by atoms with Gasteiger partial charge in [-0.15, -0.1) is 0 Å². The average Bonchev–Trinajstić information content (AvgIpc) is 2.94. The quantitative estimate of drug-likeness (QED) is 0.746. The Morgan fingerprint density at radius 1 is 0.909 bits per heavy atom. The van der Waals surface area contributed by atoms with Crippen LogP contribution in [0.4, 0.5) is 5.95 Å². The molecule has 0 unspecified atom stereocenters. The molecule has 0 amide bonds. The van der Waals surface area contributed by atoms with Crippen molar-refractivity contribution in [3.05, 3.63) is 60.8 Å². The molecule has 2 N–H and O–H groups in total. The number of anilines is 1. The fourth-order valence-electron chi connectivity index (χ4n) is 2.64. The molecule has 1 heterocycles. The molecule has 0 radical (unpaired) electrons. The number of rotatable bonds is 5. The van der Waals surface area contributed by atoms with Crippen LogP contribution >= 0.6 is 0 Å². The zero-order chi connectivity index (χ0) is 15.4. The van der Waals surface area contributed by atoms with Crippen LogP contribution in [0.2, 0.25) is 0 Å². The van der Waals surface area contributed by atoms with Gasteiger partial charge in [-0.25, -0.2) is 4.98 Å². The van der Waals surface area contributed by atoms with E-state index in [9.17, 15) is 0 Å². The summed E-state index contributed by atoms with van der Waals surface area (Å²) in [4.78, 5) is 4.27. The molecule has 0 aliphatic rings. The first kappa shape index (κ1) is 14.4. The van der Waals surface area contributed by atoms with E-state index in [1.165, 1.54) is 11.1 Å². The minimum atomic E-state index is 0.593. The molecule has 0 spiro atoms. The van der Waals surface area contributed by atoms with Gasteiger partial charge in [-0.05, 0) is 23.1 Å². The summed E-state index contributed by atoms with van der Waals surface area (Å²) >= 11 is 0. The zero-order valence-corrected chi connectivity index (χ0v) is 12.9. The highest BCUT2D eigenvalue weighted by Crippen LogP contribution is 2.26. The highest BCUT2D eigenvalue weighted by molar-refractivity contribution is 5.69. The third-order valence-corrected chi connectivity index (χ3v) is 3.91. The van der Waals surface area contributed by atoms with Crippen LogP contribution in [0.5, 0.6) is 0 Å². The Bertz CT molecular complexity index is 727. The monoisotopic (exact) mass is 291 g/mol. The Hall–Kier alpha value is -2.55. The third-order valence-electron chi connectivity index (χ3n) is 3.91. The number of unbranched alkanes of at least 4 members (excludes halogenated alkanes) is 1. The third kappa shape index (κ3) is 2.89. The van der Waals surface area contributed by atoms with E-state index in [1.807, 2.05) is 12.3 Å². The predicted molar refractivity (Wildman–Crippen MR) is 92.4 cm³/mol. The normalized spacial score (nSPS) is 10.8. The Balaban J connectivity index is 1.90. The summed E-state index contributed by atoms with van der Waals surface area (Å²) in [5.74, 6) is 0.593. The molecule has 0 saturated carbocycles. The summed E-state index contributed by atoms with van der Waals surface area (Å²) in [5.41, 5.74) is 10.7. The number of hydrogen-bond donors (Lipinski definition) is 1. The van der Waals surface area contributed by atoms with E-state index in [-0.39, 0.29) is 0 Å². The lowest BCUT2D eigenvalue weighted by Crippen LogP contribution is -2.05. The summed E-state index contributed by atoms with van der Waals surface area (Å²) in [6, 6.07) is 19.0. The highest BCUT2D eigenvalue weighted by atomic mass is 15.1. The molecule has 1 aromatic heterocycles. The zero-order valence-electron chi connectivity index (χ0n) is 12.9. The molecule has 2 aromatic carbocycles. The lowest BCUT2D eigenvalue weighted by Gasteiger charge is -2.10. The number of nitrogen functional groups attached to an aromatic ring is 1. The van der Waals surface area contributed by atoms with Crippen molar-refractivity contribution >= 4 is 5.95 Å². The first-order valence-electron chi connectivity index (χ1n) is 7.76. The Morgan fingerprint density at radius 2 is 1.55 bits per heavy atom. The first-order chi connectivity index (χ1) is 10.8. The maximum Gasteiger partial charge on any atom is 0.200 e. The Labute approximate surface area is 131 Å². The second-order valence-corrected chi connectivity index (χ2v) is 5.45. The summed E-state index contributed by atoms with van der Waals surface area (Å²) < 4.78 is 2.10. The van der Waals surface area contributed by atoms with Gasteiger partial charge in [-0.3, -0.25) is 0 Å². The summed E-state index contributed by atoms with van der Waals surface area (Å²) in [6.45, 7) is 3.10. The van der Waals surface area contributed by atoms with Crippen molar-refractivity contribution in [1.29, 1.82) is 0 Å². The van der Waals surface area contributed by atoms with Crippen LogP contribution < -0.4 is 5.73 Å². The van der Waals surface area contributed by atoms with Crippen molar-refractivity contribution in [3.8, 4) is 22.4 Å². The molecule has 0 atom stereocenters. The number of benzene rings is 2. The SMILES string of the molecule is CCCCn1c(-c2ccc(-c3ccccc3)cc2)cnc1N. The molecule has 3 heteroatoms. The molecule has 0 fully saturated rings. The molecule has 0 aliphatic heterocycles. The summed E-state index contributed by atoms with van der Waals surface area (Å²) in [6.07, 6.45) is 4.11. The largest absolute Gasteiger partial charge is 0.369 e. The van der Waals surface area contributed by atoms with Crippen LogP contribution in [-0.4, -0.2) is 9.55 Å². The van der Waals surface area contributed by atoms with Gasteiger partial charge in [0.2, 0.25) is 5.95 Å². The van der Waals surface area contributed by atoms with Crippen molar-refractivity contribution in [1.82, 2.24) is 9.55 Å². The van der Waals surface area contributed by atoms with Crippen LogP contribution in [0.15, 0.2) is 60.8 Å². The van der Waals surface area contributed by atoms with E-state index in [4.69, 9.17) is 5.73 Å². The number of aromatic nitrogens is 2. The molecule has 112 valence electrons. The average molecular weight is 291 g/mol. The van der Waals surface area contributed by atoms with Crippen LogP contribution in [0, 0.1) is 0 Å². The molecule has 22 heavy (non-hydrogen) atoms. The van der Waals surface area contributed by atoms with Gasteiger partial charge in [0, 0.05) is 6.54 Å². The van der Waals surface area contributed by atoms with E-state index in [0.29, 0.717) is 5.95 Å². The molecule has 0 saturated heterocycles. The number of nitrogens with zero attached hydrogens (tertiary/aromatic N) is 2. The van der Waals surface area contributed by atoms with Crippen LogP contribution in [-0.2, 0) is 6.54 Å². The number of hydrogen-bond acceptors (Lipinski definition) is 2. The van der Waals surface area contributed by atoms with E-state index in [0.717, 1.165) is 30.6 Å². The van der Waals surface area contributed by atoms with Crippen molar-refractivity contribution in [2.24, 2.45) is 0 Å². The van der Waals surface area contributed by atoms with E-state index in [1.54, 1.807) is 0 Å². The Kier molecular flexibility index (Phi) is 4.24. The van der Waals surface area contributed by atoms with Gasteiger partial charge in [0.25, 0.3) is 0 Å². The maximum atomic E-state index is 5.99. The van der Waals surface area contributed by atoms with Crippen LogP contribution in [0.25, 0.3) is 22.4 Å². The van der Waals surface area contributed by atoms with E-state index < -0.39 is 0 Å².